The Labute approximate surface area is 98.9 Å². The number of carbonyl (C=O) groups is 1. The molecule has 0 bridgehead atoms. The second-order valence-electron chi connectivity index (χ2n) is 4.49. The number of aliphatic hydroxyl groups excluding tert-OH is 1. The number of carboxylic acid groups (broad SMARTS) is 1. The molecule has 0 aromatic carbocycles. The van der Waals surface area contributed by atoms with E-state index in [-0.39, 0.29) is 16.9 Å². The molecule has 0 saturated heterocycles. The second-order valence-corrected chi connectivity index (χ2v) is 4.49. The van der Waals surface area contributed by atoms with Gasteiger partial charge in [-0.1, -0.05) is 13.8 Å². The summed E-state index contributed by atoms with van der Waals surface area (Å²) in [6.07, 6.45) is 1.17. The highest BCUT2D eigenvalue weighted by molar-refractivity contribution is 5.85. The van der Waals surface area contributed by atoms with Gasteiger partial charge in [-0.3, -0.25) is 4.79 Å². The van der Waals surface area contributed by atoms with Gasteiger partial charge in [0.1, 0.15) is 5.76 Å². The quantitative estimate of drug-likeness (QED) is 0.718. The molecule has 88 valence electrons. The molecular formula is C12H12N2O3. The zero-order valence-corrected chi connectivity index (χ0v) is 9.77. The predicted octanol–water partition coefficient (Wildman–Crippen LogP) is 1.90. The Morgan fingerprint density at radius 1 is 1.41 bits per heavy atom. The number of carboxylic acids is 1. The molecule has 5 heteroatoms. The van der Waals surface area contributed by atoms with Crippen LogP contribution in [-0.4, -0.2) is 16.2 Å². The van der Waals surface area contributed by atoms with Crippen molar-refractivity contribution in [3.8, 4) is 12.1 Å². The molecule has 0 aliphatic heterocycles. The first-order chi connectivity index (χ1) is 7.75. The number of rotatable bonds is 1. The minimum absolute atomic E-state index is 0.0907. The number of aliphatic hydroxyl groups is 1. The molecule has 17 heavy (non-hydrogen) atoms. The molecule has 1 rings (SSSR count). The molecule has 0 spiro atoms. The van der Waals surface area contributed by atoms with Crippen LogP contribution in [0.5, 0.6) is 0 Å². The van der Waals surface area contributed by atoms with Gasteiger partial charge in [0.2, 0.25) is 0 Å². The third-order valence-corrected chi connectivity index (χ3v) is 3.36. The van der Waals surface area contributed by atoms with Gasteiger partial charge in [-0.05, 0) is 18.6 Å². The molecular weight excluding hydrogens is 220 g/mol. The van der Waals surface area contributed by atoms with Gasteiger partial charge in [0.05, 0.1) is 17.7 Å². The molecule has 0 saturated carbocycles. The summed E-state index contributed by atoms with van der Waals surface area (Å²) < 4.78 is 0. The van der Waals surface area contributed by atoms with Crippen LogP contribution in [0, 0.1) is 33.5 Å². The average molecular weight is 232 g/mol. The maximum atomic E-state index is 11.4. The summed E-state index contributed by atoms with van der Waals surface area (Å²) in [5.74, 6) is -1.60. The molecule has 2 N–H and O–H groups in total. The van der Waals surface area contributed by atoms with Crippen molar-refractivity contribution in [2.75, 3.05) is 0 Å². The molecule has 1 aliphatic rings. The van der Waals surface area contributed by atoms with E-state index in [0.29, 0.717) is 0 Å². The number of nitriles is 2. The van der Waals surface area contributed by atoms with Crippen molar-refractivity contribution >= 4 is 5.97 Å². The van der Waals surface area contributed by atoms with Gasteiger partial charge in [0.15, 0.2) is 5.41 Å². The van der Waals surface area contributed by atoms with Crippen LogP contribution in [0.1, 0.15) is 20.8 Å². The van der Waals surface area contributed by atoms with Gasteiger partial charge < -0.3 is 10.2 Å². The standard InChI is InChI=1S/C12H12N2O3/c1-7-4-9(15)8(5-13)11(2,3)12(7,6-14)10(16)17/h4,15H,1-3H3,(H,16,17)/t12-/m0/s1. The van der Waals surface area contributed by atoms with Gasteiger partial charge in [-0.2, -0.15) is 10.5 Å². The van der Waals surface area contributed by atoms with Gasteiger partial charge >= 0.3 is 5.97 Å². The van der Waals surface area contributed by atoms with E-state index >= 15 is 0 Å². The first kappa shape index (κ1) is 12.8. The number of aliphatic carboxylic acids is 1. The van der Waals surface area contributed by atoms with Crippen molar-refractivity contribution in [3.05, 3.63) is 23.0 Å². The van der Waals surface area contributed by atoms with E-state index in [1.807, 2.05) is 0 Å². The van der Waals surface area contributed by atoms with Gasteiger partial charge in [-0.15, -0.1) is 0 Å². The van der Waals surface area contributed by atoms with Gasteiger partial charge in [0, 0.05) is 5.41 Å². The van der Waals surface area contributed by atoms with Crippen LogP contribution >= 0.6 is 0 Å². The number of hydrogen-bond donors (Lipinski definition) is 2. The minimum Gasteiger partial charge on any atom is -0.507 e. The lowest BCUT2D eigenvalue weighted by Crippen LogP contribution is -2.47. The van der Waals surface area contributed by atoms with Crippen molar-refractivity contribution in [3.63, 3.8) is 0 Å². The molecule has 0 unspecified atom stereocenters. The summed E-state index contributed by atoms with van der Waals surface area (Å²) in [4.78, 5) is 11.4. The van der Waals surface area contributed by atoms with Crippen LogP contribution < -0.4 is 0 Å². The Morgan fingerprint density at radius 3 is 2.29 bits per heavy atom. The lowest BCUT2D eigenvalue weighted by Gasteiger charge is -2.41. The Bertz CT molecular complexity index is 529. The maximum Gasteiger partial charge on any atom is 0.329 e. The van der Waals surface area contributed by atoms with Crippen LogP contribution in [0.25, 0.3) is 0 Å². The van der Waals surface area contributed by atoms with Crippen LogP contribution in [-0.2, 0) is 4.79 Å². The van der Waals surface area contributed by atoms with Crippen molar-refractivity contribution in [1.29, 1.82) is 10.5 Å². The van der Waals surface area contributed by atoms with Crippen LogP contribution in [0.2, 0.25) is 0 Å². The lowest BCUT2D eigenvalue weighted by atomic mass is 9.57. The van der Waals surface area contributed by atoms with Crippen molar-refractivity contribution in [2.24, 2.45) is 10.8 Å². The third-order valence-electron chi connectivity index (χ3n) is 3.36. The third kappa shape index (κ3) is 1.33. The highest BCUT2D eigenvalue weighted by Gasteiger charge is 2.58. The molecule has 0 aromatic rings. The summed E-state index contributed by atoms with van der Waals surface area (Å²) >= 11 is 0. The second kappa shape index (κ2) is 3.64. The highest BCUT2D eigenvalue weighted by atomic mass is 16.4. The van der Waals surface area contributed by atoms with E-state index in [1.165, 1.54) is 26.8 Å². The van der Waals surface area contributed by atoms with E-state index in [2.05, 4.69) is 0 Å². The number of hydrogen-bond acceptors (Lipinski definition) is 4. The number of nitrogens with zero attached hydrogens (tertiary/aromatic N) is 2. The zero-order chi connectivity index (χ0) is 13.4. The summed E-state index contributed by atoms with van der Waals surface area (Å²) in [5, 5.41) is 37.2. The fourth-order valence-electron chi connectivity index (χ4n) is 2.29. The van der Waals surface area contributed by atoms with E-state index in [1.54, 1.807) is 12.1 Å². The SMILES string of the molecule is CC1=CC(O)=C(C#N)C(C)(C)[C@]1(C#N)C(=O)O. The van der Waals surface area contributed by atoms with E-state index < -0.39 is 16.8 Å². The minimum atomic E-state index is -1.83. The van der Waals surface area contributed by atoms with Gasteiger partial charge in [-0.25, -0.2) is 0 Å². The Balaban J connectivity index is 3.72. The fraction of sp³-hybridized carbons (Fsp3) is 0.417. The average Bonchev–Trinajstić information content (AvgIpc) is 2.16. The maximum absolute atomic E-state index is 11.4. The van der Waals surface area contributed by atoms with Crippen LogP contribution in [0.4, 0.5) is 0 Å². The fourth-order valence-corrected chi connectivity index (χ4v) is 2.29. The van der Waals surface area contributed by atoms with Crippen molar-refractivity contribution in [2.45, 2.75) is 20.8 Å². The van der Waals surface area contributed by atoms with E-state index in [9.17, 15) is 20.3 Å². The molecule has 0 heterocycles. The number of allylic oxidation sites excluding steroid dienone is 2. The molecule has 0 fully saturated rings. The largest absolute Gasteiger partial charge is 0.507 e. The molecule has 5 nitrogen and oxygen atoms in total. The van der Waals surface area contributed by atoms with E-state index in [0.717, 1.165) is 0 Å². The predicted molar refractivity (Wildman–Crippen MR) is 58.5 cm³/mol. The van der Waals surface area contributed by atoms with Gasteiger partial charge in [0.25, 0.3) is 0 Å². The topological polar surface area (TPSA) is 105 Å². The highest BCUT2D eigenvalue weighted by Crippen LogP contribution is 2.52. The summed E-state index contributed by atoms with van der Waals surface area (Å²) in [6, 6.07) is 3.56. The Kier molecular flexibility index (Phi) is 2.74. The first-order valence-electron chi connectivity index (χ1n) is 4.93. The molecule has 1 aliphatic carbocycles. The molecule has 0 radical (unpaired) electrons. The summed E-state index contributed by atoms with van der Waals surface area (Å²) in [6.45, 7) is 4.40. The zero-order valence-electron chi connectivity index (χ0n) is 9.77. The van der Waals surface area contributed by atoms with Crippen LogP contribution in [0.3, 0.4) is 0 Å². The van der Waals surface area contributed by atoms with E-state index in [4.69, 9.17) is 5.26 Å². The van der Waals surface area contributed by atoms with Crippen molar-refractivity contribution in [1.82, 2.24) is 0 Å². The molecule has 1 atom stereocenters. The van der Waals surface area contributed by atoms with Crippen molar-refractivity contribution < 1.29 is 15.0 Å². The monoisotopic (exact) mass is 232 g/mol. The molecule has 0 aromatic heterocycles. The smallest absolute Gasteiger partial charge is 0.329 e. The first-order valence-corrected chi connectivity index (χ1v) is 4.93. The Hall–Kier alpha value is -2.27. The lowest BCUT2D eigenvalue weighted by molar-refractivity contribution is -0.147. The summed E-state index contributed by atoms with van der Waals surface area (Å²) in [5.41, 5.74) is -2.99. The van der Waals surface area contributed by atoms with Crippen LogP contribution in [0.15, 0.2) is 23.0 Å². The molecule has 0 amide bonds. The Morgan fingerprint density at radius 2 is 1.94 bits per heavy atom. The summed E-state index contributed by atoms with van der Waals surface area (Å²) in [7, 11) is 0. The normalized spacial score (nSPS) is 26.8.